The molecule has 0 radical (unpaired) electrons. The minimum absolute atomic E-state index is 0.0678. The number of carbonyl (C=O) groups is 1. The van der Waals surface area contributed by atoms with E-state index >= 15 is 0 Å². The maximum Gasteiger partial charge on any atom is 0.276 e. The van der Waals surface area contributed by atoms with Gasteiger partial charge < -0.3 is 9.42 Å². The van der Waals surface area contributed by atoms with E-state index in [2.05, 4.69) is 24.1 Å². The molecule has 0 unspecified atom stereocenters. The Hall–Kier alpha value is -1.82. The molecule has 1 amide bonds. The predicted molar refractivity (Wildman–Crippen MR) is 81.8 cm³/mol. The molecule has 6 nitrogen and oxygen atoms in total. The highest BCUT2D eigenvalue weighted by atomic mass is 35.5. The van der Waals surface area contributed by atoms with Gasteiger partial charge in [0.25, 0.3) is 5.91 Å². The van der Waals surface area contributed by atoms with E-state index in [9.17, 15) is 4.79 Å². The van der Waals surface area contributed by atoms with Crippen LogP contribution in [0.15, 0.2) is 16.8 Å². The molecule has 1 atom stereocenters. The Bertz CT molecular complexity index is 692. The van der Waals surface area contributed by atoms with Crippen LogP contribution in [0.3, 0.4) is 0 Å². The third kappa shape index (κ3) is 2.63. The summed E-state index contributed by atoms with van der Waals surface area (Å²) < 4.78 is 6.92. The molecule has 0 saturated carbocycles. The van der Waals surface area contributed by atoms with Gasteiger partial charge in [0.1, 0.15) is 11.5 Å². The fourth-order valence-electron chi connectivity index (χ4n) is 2.79. The van der Waals surface area contributed by atoms with Gasteiger partial charge in [0.05, 0.1) is 11.1 Å². The molecule has 1 aliphatic heterocycles. The lowest BCUT2D eigenvalue weighted by Gasteiger charge is -2.22. The first kappa shape index (κ1) is 15.1. The van der Waals surface area contributed by atoms with Gasteiger partial charge in [-0.3, -0.25) is 9.48 Å². The Morgan fingerprint density at radius 3 is 2.86 bits per heavy atom. The Balaban J connectivity index is 1.86. The fourth-order valence-corrected chi connectivity index (χ4v) is 3.05. The van der Waals surface area contributed by atoms with Gasteiger partial charge in [-0.05, 0) is 12.8 Å². The van der Waals surface area contributed by atoms with E-state index in [0.29, 0.717) is 17.3 Å². The molecule has 0 aliphatic carbocycles. The van der Waals surface area contributed by atoms with Crippen LogP contribution in [0.2, 0.25) is 5.02 Å². The topological polar surface area (TPSA) is 64.2 Å². The van der Waals surface area contributed by atoms with Crippen LogP contribution in [-0.4, -0.2) is 32.3 Å². The zero-order valence-corrected chi connectivity index (χ0v) is 13.7. The number of hydrogen-bond donors (Lipinski definition) is 0. The maximum absolute atomic E-state index is 12.7. The highest BCUT2D eigenvalue weighted by Gasteiger charge is 2.34. The quantitative estimate of drug-likeness (QED) is 0.870. The van der Waals surface area contributed by atoms with E-state index in [-0.39, 0.29) is 17.9 Å². The van der Waals surface area contributed by atoms with Crippen molar-refractivity contribution in [2.75, 3.05) is 6.54 Å². The summed E-state index contributed by atoms with van der Waals surface area (Å²) in [6.45, 7) is 4.78. The molecule has 0 spiro atoms. The standard InChI is InChI=1S/C15H19ClN4O2/c1-9(2)13-7-11(18-22-13)12-5-4-6-20(12)15(21)14-10(16)8-19(3)17-14/h7-9,12H,4-6H2,1-3H3/t12-/m0/s1. The number of likely N-dealkylation sites (tertiary alicyclic amines) is 1. The van der Waals surface area contributed by atoms with Crippen LogP contribution in [0, 0.1) is 0 Å². The average molecular weight is 323 g/mol. The van der Waals surface area contributed by atoms with Gasteiger partial charge in [-0.25, -0.2) is 0 Å². The smallest absolute Gasteiger partial charge is 0.276 e. The molecule has 2 aromatic rings. The SMILES string of the molecule is CC(C)c1cc([C@@H]2CCCN2C(=O)c2nn(C)cc2Cl)no1. The van der Waals surface area contributed by atoms with E-state index in [1.165, 1.54) is 0 Å². The lowest BCUT2D eigenvalue weighted by Crippen LogP contribution is -2.31. The second-order valence-electron chi connectivity index (χ2n) is 5.96. The summed E-state index contributed by atoms with van der Waals surface area (Å²) in [5.74, 6) is 0.962. The van der Waals surface area contributed by atoms with Crippen molar-refractivity contribution >= 4 is 17.5 Å². The van der Waals surface area contributed by atoms with Gasteiger partial charge in [0.15, 0.2) is 5.69 Å². The molecule has 3 rings (SSSR count). The molecule has 118 valence electrons. The van der Waals surface area contributed by atoms with Crippen LogP contribution in [0.5, 0.6) is 0 Å². The second kappa shape index (κ2) is 5.76. The van der Waals surface area contributed by atoms with E-state index in [0.717, 1.165) is 24.3 Å². The van der Waals surface area contributed by atoms with Crippen molar-refractivity contribution in [3.63, 3.8) is 0 Å². The Morgan fingerprint density at radius 1 is 1.50 bits per heavy atom. The Labute approximate surface area is 134 Å². The van der Waals surface area contributed by atoms with Crippen LogP contribution in [0.25, 0.3) is 0 Å². The van der Waals surface area contributed by atoms with E-state index in [4.69, 9.17) is 16.1 Å². The van der Waals surface area contributed by atoms with Crippen LogP contribution >= 0.6 is 11.6 Å². The number of halogens is 1. The van der Waals surface area contributed by atoms with Gasteiger partial charge in [0.2, 0.25) is 0 Å². The van der Waals surface area contributed by atoms with Crippen molar-refractivity contribution in [3.05, 3.63) is 34.4 Å². The zero-order valence-electron chi connectivity index (χ0n) is 12.9. The zero-order chi connectivity index (χ0) is 15.9. The van der Waals surface area contributed by atoms with E-state index in [1.807, 2.05) is 6.07 Å². The summed E-state index contributed by atoms with van der Waals surface area (Å²) in [5, 5.41) is 8.69. The third-order valence-corrected chi connectivity index (χ3v) is 4.23. The molecule has 0 N–H and O–H groups in total. The molecule has 1 saturated heterocycles. The lowest BCUT2D eigenvalue weighted by atomic mass is 10.1. The van der Waals surface area contributed by atoms with Crippen molar-refractivity contribution in [1.29, 1.82) is 0 Å². The van der Waals surface area contributed by atoms with Crippen LogP contribution < -0.4 is 0 Å². The molecular weight excluding hydrogens is 304 g/mol. The highest BCUT2D eigenvalue weighted by molar-refractivity contribution is 6.33. The van der Waals surface area contributed by atoms with Crippen molar-refractivity contribution < 1.29 is 9.32 Å². The fraction of sp³-hybridized carbons (Fsp3) is 0.533. The van der Waals surface area contributed by atoms with E-state index < -0.39 is 0 Å². The largest absolute Gasteiger partial charge is 0.361 e. The number of carbonyl (C=O) groups excluding carboxylic acids is 1. The maximum atomic E-state index is 12.7. The number of nitrogens with zero attached hydrogens (tertiary/aromatic N) is 4. The molecule has 0 bridgehead atoms. The lowest BCUT2D eigenvalue weighted by molar-refractivity contribution is 0.0724. The number of aryl methyl sites for hydroxylation is 1. The Morgan fingerprint density at radius 2 is 2.27 bits per heavy atom. The molecule has 22 heavy (non-hydrogen) atoms. The minimum atomic E-state index is -0.151. The van der Waals surface area contributed by atoms with Crippen LogP contribution in [-0.2, 0) is 7.05 Å². The first-order valence-electron chi connectivity index (χ1n) is 7.44. The first-order chi connectivity index (χ1) is 10.5. The molecule has 7 heteroatoms. The molecular formula is C15H19ClN4O2. The first-order valence-corrected chi connectivity index (χ1v) is 7.81. The third-order valence-electron chi connectivity index (χ3n) is 3.96. The molecule has 0 aromatic carbocycles. The molecule has 1 fully saturated rings. The Kier molecular flexibility index (Phi) is 3.95. The van der Waals surface area contributed by atoms with Crippen molar-refractivity contribution in [1.82, 2.24) is 19.8 Å². The molecule has 1 aliphatic rings. The van der Waals surface area contributed by atoms with Crippen molar-refractivity contribution in [2.45, 2.75) is 38.6 Å². The van der Waals surface area contributed by atoms with Crippen molar-refractivity contribution in [2.24, 2.45) is 7.05 Å². The summed E-state index contributed by atoms with van der Waals surface area (Å²) in [6.07, 6.45) is 3.44. The normalized spacial score (nSPS) is 18.4. The number of aromatic nitrogens is 3. The summed E-state index contributed by atoms with van der Waals surface area (Å²) in [4.78, 5) is 14.5. The van der Waals surface area contributed by atoms with E-state index in [1.54, 1.807) is 22.8 Å². The summed E-state index contributed by atoms with van der Waals surface area (Å²) in [5.41, 5.74) is 1.10. The number of amides is 1. The van der Waals surface area contributed by atoms with Crippen LogP contribution in [0.1, 0.15) is 60.6 Å². The second-order valence-corrected chi connectivity index (χ2v) is 6.37. The molecule has 2 aromatic heterocycles. The highest BCUT2D eigenvalue weighted by Crippen LogP contribution is 2.34. The van der Waals surface area contributed by atoms with Crippen molar-refractivity contribution in [3.8, 4) is 0 Å². The predicted octanol–water partition coefficient (Wildman–Crippen LogP) is 3.16. The van der Waals surface area contributed by atoms with Gasteiger partial charge >= 0.3 is 0 Å². The van der Waals surface area contributed by atoms with Gasteiger partial charge in [-0.15, -0.1) is 0 Å². The summed E-state index contributed by atoms with van der Waals surface area (Å²) in [6, 6.07) is 1.88. The molecule has 3 heterocycles. The summed E-state index contributed by atoms with van der Waals surface area (Å²) in [7, 11) is 1.75. The average Bonchev–Trinajstić information content (AvgIpc) is 3.15. The summed E-state index contributed by atoms with van der Waals surface area (Å²) >= 11 is 6.09. The van der Waals surface area contributed by atoms with Gasteiger partial charge in [-0.1, -0.05) is 30.6 Å². The van der Waals surface area contributed by atoms with Crippen LogP contribution in [0.4, 0.5) is 0 Å². The number of hydrogen-bond acceptors (Lipinski definition) is 4. The van der Waals surface area contributed by atoms with Gasteiger partial charge in [-0.2, -0.15) is 5.10 Å². The number of rotatable bonds is 3. The van der Waals surface area contributed by atoms with Gasteiger partial charge in [0, 0.05) is 31.8 Å². The minimum Gasteiger partial charge on any atom is -0.361 e. The monoisotopic (exact) mass is 322 g/mol.